The van der Waals surface area contributed by atoms with Gasteiger partial charge in [0.15, 0.2) is 6.10 Å². The Morgan fingerprint density at radius 2 is 1.55 bits per heavy atom. The summed E-state index contributed by atoms with van der Waals surface area (Å²) in [6.07, 6.45) is -1.14. The summed E-state index contributed by atoms with van der Waals surface area (Å²) in [6, 6.07) is 11.5. The molecule has 0 saturated carbocycles. The normalized spacial score (nSPS) is 14.9. The summed E-state index contributed by atoms with van der Waals surface area (Å²) in [4.78, 5) is 49.8. The zero-order chi connectivity index (χ0) is 21.1. The smallest absolute Gasteiger partial charge is 0.326 e. The van der Waals surface area contributed by atoms with E-state index in [-0.39, 0.29) is 16.9 Å². The summed E-state index contributed by atoms with van der Waals surface area (Å²) < 4.78 is 18.1. The van der Waals surface area contributed by atoms with Gasteiger partial charge in [0, 0.05) is 0 Å². The van der Waals surface area contributed by atoms with Gasteiger partial charge >= 0.3 is 5.97 Å². The first kappa shape index (κ1) is 20.2. The fourth-order valence-electron chi connectivity index (χ4n) is 2.97. The second-order valence-corrected chi connectivity index (χ2v) is 6.66. The molecule has 0 saturated heterocycles. The van der Waals surface area contributed by atoms with Gasteiger partial charge in [-0.2, -0.15) is 0 Å². The summed E-state index contributed by atoms with van der Waals surface area (Å²) in [7, 11) is 0. The van der Waals surface area contributed by atoms with Gasteiger partial charge in [0.2, 0.25) is 0 Å². The number of hydrogen-bond donors (Lipinski definition) is 1. The largest absolute Gasteiger partial charge is 0.451 e. The fourth-order valence-corrected chi connectivity index (χ4v) is 2.97. The number of ether oxygens (including phenoxy) is 1. The quantitative estimate of drug-likeness (QED) is 0.595. The van der Waals surface area contributed by atoms with Crippen molar-refractivity contribution in [2.45, 2.75) is 26.0 Å². The first-order chi connectivity index (χ1) is 13.8. The van der Waals surface area contributed by atoms with Crippen LogP contribution in [0.2, 0.25) is 0 Å². The number of hydrogen-bond acceptors (Lipinski definition) is 5. The lowest BCUT2D eigenvalue weighted by atomic mass is 10.1. The summed E-state index contributed by atoms with van der Waals surface area (Å²) in [5.74, 6) is -2.98. The Balaban J connectivity index is 1.55. The third-order valence-corrected chi connectivity index (χ3v) is 4.57. The van der Waals surface area contributed by atoms with Gasteiger partial charge in [0.25, 0.3) is 17.7 Å². The third-order valence-electron chi connectivity index (χ3n) is 4.57. The molecule has 2 aromatic carbocycles. The number of carbonyl (C=O) groups excluding carboxylic acids is 4. The summed E-state index contributed by atoms with van der Waals surface area (Å²) in [5.41, 5.74) is 1.14. The highest BCUT2D eigenvalue weighted by molar-refractivity contribution is 6.22. The van der Waals surface area contributed by atoms with Crippen LogP contribution in [0, 0.1) is 5.82 Å². The van der Waals surface area contributed by atoms with Crippen molar-refractivity contribution in [3.63, 3.8) is 0 Å². The number of nitrogens with zero attached hydrogens (tertiary/aromatic N) is 1. The molecular formula is C21H19FN2O5. The van der Waals surface area contributed by atoms with E-state index >= 15 is 0 Å². The SMILES string of the molecule is C[C@H](NC(=O)[C@@H](C)OC(=O)CN1C(=O)c2ccccc2C1=O)c1ccc(F)cc1. The molecule has 1 aliphatic heterocycles. The Hall–Kier alpha value is -3.55. The van der Waals surface area contributed by atoms with Crippen LogP contribution in [0.25, 0.3) is 0 Å². The number of benzene rings is 2. The van der Waals surface area contributed by atoms with Crippen LogP contribution in [0.4, 0.5) is 4.39 Å². The summed E-state index contributed by atoms with van der Waals surface area (Å²) >= 11 is 0. The van der Waals surface area contributed by atoms with Crippen molar-refractivity contribution >= 4 is 23.7 Å². The average Bonchev–Trinajstić information content (AvgIpc) is 2.93. The van der Waals surface area contributed by atoms with Crippen molar-refractivity contribution in [1.29, 1.82) is 0 Å². The van der Waals surface area contributed by atoms with Gasteiger partial charge in [-0.15, -0.1) is 0 Å². The molecular weight excluding hydrogens is 379 g/mol. The lowest BCUT2D eigenvalue weighted by Gasteiger charge is -2.19. The van der Waals surface area contributed by atoms with E-state index in [4.69, 9.17) is 4.74 Å². The molecule has 0 aromatic heterocycles. The number of nitrogens with one attached hydrogen (secondary N) is 1. The molecule has 150 valence electrons. The van der Waals surface area contributed by atoms with Crippen LogP contribution in [0.1, 0.15) is 46.2 Å². The molecule has 1 heterocycles. The monoisotopic (exact) mass is 398 g/mol. The third kappa shape index (κ3) is 4.31. The van der Waals surface area contributed by atoms with Gasteiger partial charge in [-0.1, -0.05) is 24.3 Å². The standard InChI is InChI=1S/C21H19FN2O5/c1-12(14-7-9-15(22)10-8-14)23-19(26)13(2)29-18(25)11-24-20(27)16-5-3-4-6-17(16)21(24)28/h3-10,12-13H,11H2,1-2H3,(H,23,26)/t12-,13+/m0/s1. The predicted molar refractivity (Wildman–Crippen MR) is 100 cm³/mol. The molecule has 3 amide bonds. The van der Waals surface area contributed by atoms with E-state index < -0.39 is 42.4 Å². The molecule has 0 fully saturated rings. The molecule has 8 heteroatoms. The molecule has 0 unspecified atom stereocenters. The number of halogens is 1. The van der Waals surface area contributed by atoms with Gasteiger partial charge < -0.3 is 10.1 Å². The van der Waals surface area contributed by atoms with Gasteiger partial charge in [-0.3, -0.25) is 24.1 Å². The van der Waals surface area contributed by atoms with Crippen LogP contribution < -0.4 is 5.32 Å². The van der Waals surface area contributed by atoms with Crippen molar-refractivity contribution in [2.24, 2.45) is 0 Å². The first-order valence-corrected chi connectivity index (χ1v) is 8.98. The van der Waals surface area contributed by atoms with Gasteiger partial charge in [-0.25, -0.2) is 4.39 Å². The Morgan fingerprint density at radius 3 is 2.10 bits per heavy atom. The molecule has 0 spiro atoms. The van der Waals surface area contributed by atoms with Crippen molar-refractivity contribution in [1.82, 2.24) is 10.2 Å². The molecule has 29 heavy (non-hydrogen) atoms. The maximum Gasteiger partial charge on any atom is 0.326 e. The van der Waals surface area contributed by atoms with Crippen molar-refractivity contribution in [3.05, 3.63) is 71.0 Å². The van der Waals surface area contributed by atoms with Crippen LogP contribution in [0.3, 0.4) is 0 Å². The Morgan fingerprint density at radius 1 is 1.00 bits per heavy atom. The molecule has 0 aliphatic carbocycles. The van der Waals surface area contributed by atoms with Crippen LogP contribution in [-0.4, -0.2) is 41.2 Å². The van der Waals surface area contributed by atoms with E-state index in [0.717, 1.165) is 4.90 Å². The molecule has 1 aliphatic rings. The second-order valence-electron chi connectivity index (χ2n) is 6.66. The highest BCUT2D eigenvalue weighted by Gasteiger charge is 2.37. The highest BCUT2D eigenvalue weighted by atomic mass is 19.1. The lowest BCUT2D eigenvalue weighted by molar-refractivity contribution is -0.155. The lowest BCUT2D eigenvalue weighted by Crippen LogP contribution is -2.41. The Bertz CT molecular complexity index is 938. The van der Waals surface area contributed by atoms with Crippen LogP contribution in [-0.2, 0) is 14.3 Å². The number of carbonyl (C=O) groups is 4. The van der Waals surface area contributed by atoms with E-state index in [1.54, 1.807) is 31.2 Å². The van der Waals surface area contributed by atoms with Crippen LogP contribution >= 0.6 is 0 Å². The van der Waals surface area contributed by atoms with Crippen molar-refractivity contribution < 1.29 is 28.3 Å². The van der Waals surface area contributed by atoms with Crippen LogP contribution in [0.5, 0.6) is 0 Å². The average molecular weight is 398 g/mol. The molecule has 0 radical (unpaired) electrons. The molecule has 0 bridgehead atoms. The number of imide groups is 1. The number of rotatable bonds is 6. The van der Waals surface area contributed by atoms with Gasteiger partial charge in [0.05, 0.1) is 17.2 Å². The Labute approximate surface area is 166 Å². The maximum absolute atomic E-state index is 13.0. The van der Waals surface area contributed by atoms with Crippen molar-refractivity contribution in [3.8, 4) is 0 Å². The van der Waals surface area contributed by atoms with Crippen molar-refractivity contribution in [2.75, 3.05) is 6.54 Å². The Kier molecular flexibility index (Phi) is 5.72. The van der Waals surface area contributed by atoms with Crippen LogP contribution in [0.15, 0.2) is 48.5 Å². The minimum absolute atomic E-state index is 0.226. The number of amides is 3. The first-order valence-electron chi connectivity index (χ1n) is 8.98. The topological polar surface area (TPSA) is 92.8 Å². The zero-order valence-corrected chi connectivity index (χ0v) is 15.8. The molecule has 1 N–H and O–H groups in total. The number of esters is 1. The van der Waals surface area contributed by atoms with E-state index in [1.165, 1.54) is 31.2 Å². The van der Waals surface area contributed by atoms with Gasteiger partial charge in [0.1, 0.15) is 12.4 Å². The summed E-state index contributed by atoms with van der Waals surface area (Å²) in [5, 5.41) is 2.66. The molecule has 2 aromatic rings. The molecule has 2 atom stereocenters. The molecule has 3 rings (SSSR count). The highest BCUT2D eigenvalue weighted by Crippen LogP contribution is 2.22. The zero-order valence-electron chi connectivity index (χ0n) is 15.8. The second kappa shape index (κ2) is 8.22. The van der Waals surface area contributed by atoms with Gasteiger partial charge in [-0.05, 0) is 43.7 Å². The van der Waals surface area contributed by atoms with E-state index in [0.29, 0.717) is 5.56 Å². The van der Waals surface area contributed by atoms with E-state index in [1.807, 2.05) is 0 Å². The summed E-state index contributed by atoms with van der Waals surface area (Å²) in [6.45, 7) is 2.50. The molecule has 7 nitrogen and oxygen atoms in total. The van der Waals surface area contributed by atoms with E-state index in [9.17, 15) is 23.6 Å². The minimum atomic E-state index is -1.14. The predicted octanol–water partition coefficient (Wildman–Crippen LogP) is 2.23. The van der Waals surface area contributed by atoms with E-state index in [2.05, 4.69) is 5.32 Å². The maximum atomic E-state index is 13.0. The number of fused-ring (bicyclic) bond motifs is 1. The minimum Gasteiger partial charge on any atom is -0.451 e. The fraction of sp³-hybridized carbons (Fsp3) is 0.238.